The molecule has 1 N–H and O–H groups in total. The Hall–Kier alpha value is -0.900. The van der Waals surface area contributed by atoms with Crippen molar-refractivity contribution >= 4 is 0 Å². The molecule has 0 amide bonds. The molecule has 0 radical (unpaired) electrons. The Morgan fingerprint density at radius 1 is 1.19 bits per heavy atom. The maximum Gasteiger partial charge on any atom is 0.137 e. The van der Waals surface area contributed by atoms with E-state index in [1.165, 1.54) is 31.2 Å². The maximum atomic E-state index is 9.48. The Morgan fingerprint density at radius 3 is 2.48 bits per heavy atom. The summed E-state index contributed by atoms with van der Waals surface area (Å²) in [6, 6.07) is 11.0. The van der Waals surface area contributed by atoms with Crippen molar-refractivity contribution in [3.63, 3.8) is 0 Å². The molecule has 0 unspecified atom stereocenters. The molecule has 0 bridgehead atoms. The normalized spacial score (nSPS) is 30.6. The predicted octanol–water partition coefficient (Wildman–Crippen LogP) is 3.35. The van der Waals surface area contributed by atoms with E-state index in [2.05, 4.69) is 43.0 Å². The average Bonchev–Trinajstić information content (AvgIpc) is 2.92. The van der Waals surface area contributed by atoms with Gasteiger partial charge in [-0.2, -0.15) is 0 Å². The number of rotatable bonds is 3. The molecule has 0 aromatic heterocycles. The Labute approximate surface area is 127 Å². The first-order valence-electron chi connectivity index (χ1n) is 8.16. The third-order valence-electron chi connectivity index (χ3n) is 5.10. The van der Waals surface area contributed by atoms with Crippen molar-refractivity contribution in [2.45, 2.75) is 57.9 Å². The minimum atomic E-state index is -0.0508. The average molecular weight is 289 g/mol. The molecule has 2 aliphatic rings. The van der Waals surface area contributed by atoms with Crippen LogP contribution in [0.3, 0.4) is 0 Å². The standard InChI is InChI=1S/C18H27NO2/c1-18(2)10-8-15(9-11-18)19-12-16(13-20)21-17(19)14-6-4-3-5-7-14/h3-7,15-17,20H,8-13H2,1-2H3/t16-,17-/m0/s1. The molecule has 1 aromatic rings. The maximum absolute atomic E-state index is 9.48. The monoisotopic (exact) mass is 289 g/mol. The van der Waals surface area contributed by atoms with Crippen LogP contribution in [-0.2, 0) is 4.74 Å². The summed E-state index contributed by atoms with van der Waals surface area (Å²) in [5.41, 5.74) is 1.69. The summed E-state index contributed by atoms with van der Waals surface area (Å²) in [6.45, 7) is 5.70. The van der Waals surface area contributed by atoms with Gasteiger partial charge in [-0.15, -0.1) is 0 Å². The van der Waals surface area contributed by atoms with Gasteiger partial charge in [0.1, 0.15) is 6.23 Å². The zero-order chi connectivity index (χ0) is 14.9. The van der Waals surface area contributed by atoms with E-state index >= 15 is 0 Å². The Balaban J connectivity index is 1.75. The molecule has 2 fully saturated rings. The van der Waals surface area contributed by atoms with Crippen LogP contribution in [0.5, 0.6) is 0 Å². The van der Waals surface area contributed by atoms with Crippen molar-refractivity contribution < 1.29 is 9.84 Å². The van der Waals surface area contributed by atoms with Gasteiger partial charge in [0.15, 0.2) is 0 Å². The number of benzene rings is 1. The first-order valence-corrected chi connectivity index (χ1v) is 8.16. The highest BCUT2D eigenvalue weighted by Crippen LogP contribution is 2.41. The molecule has 1 aliphatic carbocycles. The van der Waals surface area contributed by atoms with Crippen LogP contribution >= 0.6 is 0 Å². The first-order chi connectivity index (χ1) is 10.1. The van der Waals surface area contributed by atoms with Crippen molar-refractivity contribution in [1.29, 1.82) is 0 Å². The van der Waals surface area contributed by atoms with Crippen LogP contribution < -0.4 is 0 Å². The number of nitrogens with zero attached hydrogens (tertiary/aromatic N) is 1. The van der Waals surface area contributed by atoms with Gasteiger partial charge >= 0.3 is 0 Å². The molecule has 0 spiro atoms. The van der Waals surface area contributed by atoms with E-state index in [0.29, 0.717) is 11.5 Å². The van der Waals surface area contributed by atoms with E-state index in [4.69, 9.17) is 4.74 Å². The van der Waals surface area contributed by atoms with Crippen LogP contribution in [0, 0.1) is 5.41 Å². The summed E-state index contributed by atoms with van der Waals surface area (Å²) in [5, 5.41) is 9.48. The fourth-order valence-corrected chi connectivity index (χ4v) is 3.68. The highest BCUT2D eigenvalue weighted by Gasteiger charge is 2.40. The molecule has 1 heterocycles. The van der Waals surface area contributed by atoms with E-state index in [-0.39, 0.29) is 18.9 Å². The molecular formula is C18H27NO2. The van der Waals surface area contributed by atoms with Crippen molar-refractivity contribution in [3.05, 3.63) is 35.9 Å². The van der Waals surface area contributed by atoms with Crippen LogP contribution in [-0.4, -0.2) is 35.3 Å². The smallest absolute Gasteiger partial charge is 0.137 e. The van der Waals surface area contributed by atoms with Gasteiger partial charge in [0.05, 0.1) is 12.7 Å². The molecule has 3 nitrogen and oxygen atoms in total. The lowest BCUT2D eigenvalue weighted by atomic mass is 9.75. The van der Waals surface area contributed by atoms with Crippen LogP contribution in [0.4, 0.5) is 0 Å². The third kappa shape index (κ3) is 3.31. The summed E-state index contributed by atoms with van der Waals surface area (Å²) in [4.78, 5) is 2.48. The molecule has 1 saturated heterocycles. The van der Waals surface area contributed by atoms with Crippen LogP contribution in [0.15, 0.2) is 30.3 Å². The van der Waals surface area contributed by atoms with E-state index in [9.17, 15) is 5.11 Å². The zero-order valence-electron chi connectivity index (χ0n) is 13.2. The molecule has 21 heavy (non-hydrogen) atoms. The van der Waals surface area contributed by atoms with Crippen LogP contribution in [0.25, 0.3) is 0 Å². The molecular weight excluding hydrogens is 262 g/mol. The van der Waals surface area contributed by atoms with E-state index in [1.807, 2.05) is 6.07 Å². The molecule has 2 atom stereocenters. The summed E-state index contributed by atoms with van der Waals surface area (Å²) in [7, 11) is 0. The number of hydrogen-bond acceptors (Lipinski definition) is 3. The van der Waals surface area contributed by atoms with Crippen molar-refractivity contribution in [1.82, 2.24) is 4.90 Å². The van der Waals surface area contributed by atoms with E-state index < -0.39 is 0 Å². The lowest BCUT2D eigenvalue weighted by Gasteiger charge is -2.40. The molecule has 1 saturated carbocycles. The van der Waals surface area contributed by atoms with Gasteiger partial charge in [-0.1, -0.05) is 44.2 Å². The SMILES string of the molecule is CC1(C)CCC(N2C[C@@H](CO)O[C@H]2c2ccccc2)CC1. The second kappa shape index (κ2) is 6.07. The number of ether oxygens (including phenoxy) is 1. The van der Waals surface area contributed by atoms with Crippen molar-refractivity contribution in [3.8, 4) is 0 Å². The van der Waals surface area contributed by atoms with Gasteiger partial charge in [-0.3, -0.25) is 4.90 Å². The summed E-state index contributed by atoms with van der Waals surface area (Å²) >= 11 is 0. The van der Waals surface area contributed by atoms with Gasteiger partial charge in [-0.05, 0) is 36.7 Å². The number of aliphatic hydroxyl groups excluding tert-OH is 1. The fraction of sp³-hybridized carbons (Fsp3) is 0.667. The summed E-state index contributed by atoms with van der Waals surface area (Å²) in [6.07, 6.45) is 4.98. The zero-order valence-corrected chi connectivity index (χ0v) is 13.2. The Morgan fingerprint density at radius 2 is 1.86 bits per heavy atom. The highest BCUT2D eigenvalue weighted by molar-refractivity contribution is 5.18. The quantitative estimate of drug-likeness (QED) is 0.926. The Bertz CT molecular complexity index is 450. The van der Waals surface area contributed by atoms with Gasteiger partial charge in [0, 0.05) is 12.6 Å². The topological polar surface area (TPSA) is 32.7 Å². The van der Waals surface area contributed by atoms with Gasteiger partial charge in [0.25, 0.3) is 0 Å². The van der Waals surface area contributed by atoms with Crippen LogP contribution in [0.1, 0.15) is 51.3 Å². The number of hydrogen-bond donors (Lipinski definition) is 1. The summed E-state index contributed by atoms with van der Waals surface area (Å²) < 4.78 is 6.09. The minimum absolute atomic E-state index is 0.00885. The number of aliphatic hydroxyl groups is 1. The second-order valence-corrected chi connectivity index (χ2v) is 7.30. The van der Waals surface area contributed by atoms with Crippen molar-refractivity contribution in [2.24, 2.45) is 5.41 Å². The lowest BCUT2D eigenvalue weighted by molar-refractivity contribution is -0.0384. The molecule has 116 valence electrons. The van der Waals surface area contributed by atoms with Gasteiger partial charge in [0.2, 0.25) is 0 Å². The third-order valence-corrected chi connectivity index (χ3v) is 5.10. The van der Waals surface area contributed by atoms with Gasteiger partial charge < -0.3 is 9.84 Å². The van der Waals surface area contributed by atoms with E-state index in [0.717, 1.165) is 6.54 Å². The van der Waals surface area contributed by atoms with Gasteiger partial charge in [-0.25, -0.2) is 0 Å². The largest absolute Gasteiger partial charge is 0.394 e. The minimum Gasteiger partial charge on any atom is -0.394 e. The predicted molar refractivity (Wildman–Crippen MR) is 83.9 cm³/mol. The first kappa shape index (κ1) is 15.0. The lowest BCUT2D eigenvalue weighted by Crippen LogP contribution is -2.40. The van der Waals surface area contributed by atoms with E-state index in [1.54, 1.807) is 0 Å². The second-order valence-electron chi connectivity index (χ2n) is 7.30. The molecule has 3 heteroatoms. The Kier molecular flexibility index (Phi) is 4.34. The molecule has 1 aromatic carbocycles. The van der Waals surface area contributed by atoms with Crippen LogP contribution in [0.2, 0.25) is 0 Å². The highest BCUT2D eigenvalue weighted by atomic mass is 16.5. The van der Waals surface area contributed by atoms with Crippen molar-refractivity contribution in [2.75, 3.05) is 13.2 Å². The molecule has 1 aliphatic heterocycles. The summed E-state index contributed by atoms with van der Waals surface area (Å²) in [5.74, 6) is 0. The fourth-order valence-electron chi connectivity index (χ4n) is 3.68. The molecule has 3 rings (SSSR count).